The van der Waals surface area contributed by atoms with Gasteiger partial charge in [-0.05, 0) is 54.9 Å². The molecule has 2 saturated carbocycles. The Kier molecular flexibility index (Phi) is 2.93. The molecule has 4 rings (SSSR count). The van der Waals surface area contributed by atoms with Crippen LogP contribution in [0.5, 0.6) is 0 Å². The van der Waals surface area contributed by atoms with E-state index in [1.165, 1.54) is 30.6 Å². The molecule has 1 saturated heterocycles. The van der Waals surface area contributed by atoms with E-state index in [1.54, 1.807) is 11.3 Å². The molecule has 2 atom stereocenters. The van der Waals surface area contributed by atoms with Crippen LogP contribution in [-0.2, 0) is 4.79 Å². The summed E-state index contributed by atoms with van der Waals surface area (Å²) in [7, 11) is 0. The Morgan fingerprint density at radius 1 is 1.45 bits per heavy atom. The molecule has 3 nitrogen and oxygen atoms in total. The van der Waals surface area contributed by atoms with Crippen LogP contribution in [0, 0.1) is 11.3 Å². The topological polar surface area (TPSA) is 32.3 Å². The average molecular weight is 290 g/mol. The number of carbonyl (C=O) groups is 1. The molecule has 2 unspecified atom stereocenters. The third-order valence-corrected chi connectivity index (χ3v) is 6.22. The molecule has 4 heteroatoms. The molecule has 2 heterocycles. The largest absolute Gasteiger partial charge is 0.320 e. The Labute approximate surface area is 124 Å². The van der Waals surface area contributed by atoms with Gasteiger partial charge in [-0.2, -0.15) is 0 Å². The van der Waals surface area contributed by atoms with Crippen molar-refractivity contribution in [2.75, 3.05) is 6.54 Å². The lowest BCUT2D eigenvalue weighted by Gasteiger charge is -2.28. The summed E-state index contributed by atoms with van der Waals surface area (Å²) in [4.78, 5) is 16.1. The van der Waals surface area contributed by atoms with Crippen LogP contribution in [-0.4, -0.2) is 23.4 Å². The first kappa shape index (κ1) is 12.8. The van der Waals surface area contributed by atoms with Gasteiger partial charge in [0.25, 0.3) is 0 Å². The summed E-state index contributed by atoms with van der Waals surface area (Å²) in [5.41, 5.74) is 0.482. The normalized spacial score (nSPS) is 31.9. The molecule has 108 valence electrons. The van der Waals surface area contributed by atoms with Gasteiger partial charge in [0.2, 0.25) is 5.91 Å². The van der Waals surface area contributed by atoms with E-state index in [9.17, 15) is 4.79 Å². The van der Waals surface area contributed by atoms with E-state index in [-0.39, 0.29) is 12.2 Å². The van der Waals surface area contributed by atoms with E-state index in [0.717, 1.165) is 18.9 Å². The summed E-state index contributed by atoms with van der Waals surface area (Å²) in [6, 6.07) is 4.24. The summed E-state index contributed by atoms with van der Waals surface area (Å²) in [5.74, 6) is 1.22. The van der Waals surface area contributed by atoms with E-state index >= 15 is 0 Å². The minimum absolute atomic E-state index is 0.0112. The molecule has 1 amide bonds. The summed E-state index contributed by atoms with van der Waals surface area (Å²) in [6.07, 6.45) is 6.43. The van der Waals surface area contributed by atoms with Crippen molar-refractivity contribution >= 4 is 17.2 Å². The molecule has 1 N–H and O–H groups in total. The van der Waals surface area contributed by atoms with Gasteiger partial charge in [-0.25, -0.2) is 0 Å². The molecule has 1 aromatic rings. The van der Waals surface area contributed by atoms with E-state index in [1.807, 2.05) is 0 Å². The van der Waals surface area contributed by atoms with Gasteiger partial charge in [0, 0.05) is 11.4 Å². The van der Waals surface area contributed by atoms with Crippen LogP contribution in [0.25, 0.3) is 0 Å². The first-order chi connectivity index (χ1) is 9.73. The van der Waals surface area contributed by atoms with Crippen LogP contribution in [0.1, 0.15) is 50.1 Å². The fourth-order valence-electron chi connectivity index (χ4n) is 3.71. The number of hydrogen-bond donors (Lipinski definition) is 1. The molecular weight excluding hydrogens is 268 g/mol. The minimum atomic E-state index is 0.0112. The van der Waals surface area contributed by atoms with Crippen molar-refractivity contribution in [3.63, 3.8) is 0 Å². The molecule has 1 aliphatic heterocycles. The molecule has 0 radical (unpaired) electrons. The molecule has 1 aromatic heterocycles. The van der Waals surface area contributed by atoms with Crippen molar-refractivity contribution in [2.45, 2.75) is 51.2 Å². The van der Waals surface area contributed by atoms with Crippen molar-refractivity contribution in [3.05, 3.63) is 22.4 Å². The quantitative estimate of drug-likeness (QED) is 0.903. The highest BCUT2D eigenvalue weighted by atomic mass is 32.1. The summed E-state index contributed by atoms with van der Waals surface area (Å²) in [6.45, 7) is 3.07. The third-order valence-electron chi connectivity index (χ3n) is 5.29. The maximum Gasteiger partial charge on any atom is 0.241 e. The van der Waals surface area contributed by atoms with Gasteiger partial charge in [-0.1, -0.05) is 13.0 Å². The number of carbonyl (C=O) groups excluding carboxylic acids is 1. The molecule has 3 aliphatic rings. The Morgan fingerprint density at radius 2 is 2.25 bits per heavy atom. The second-order valence-corrected chi connectivity index (χ2v) is 7.63. The SMILES string of the molecule is CCC1NC(c2cccs2)N(CC2(C3CC3)CC2)C1=O. The van der Waals surface area contributed by atoms with Crippen molar-refractivity contribution in [1.29, 1.82) is 0 Å². The predicted octanol–water partition coefficient (Wildman–Crippen LogP) is 3.15. The predicted molar refractivity (Wildman–Crippen MR) is 80.4 cm³/mol. The van der Waals surface area contributed by atoms with Crippen LogP contribution < -0.4 is 5.32 Å². The zero-order valence-electron chi connectivity index (χ0n) is 12.0. The zero-order chi connectivity index (χ0) is 13.7. The van der Waals surface area contributed by atoms with Gasteiger partial charge in [0.1, 0.15) is 6.17 Å². The first-order valence-corrected chi connectivity index (χ1v) is 8.71. The Bertz CT molecular complexity index is 505. The highest BCUT2D eigenvalue weighted by Gasteiger charge is 2.56. The Hall–Kier alpha value is -0.870. The Balaban J connectivity index is 1.58. The van der Waals surface area contributed by atoms with Crippen LogP contribution in [0.4, 0.5) is 0 Å². The van der Waals surface area contributed by atoms with Gasteiger partial charge in [-0.3, -0.25) is 10.1 Å². The van der Waals surface area contributed by atoms with E-state index in [0.29, 0.717) is 11.3 Å². The number of amides is 1. The van der Waals surface area contributed by atoms with Gasteiger partial charge >= 0.3 is 0 Å². The maximum atomic E-state index is 12.7. The lowest BCUT2D eigenvalue weighted by molar-refractivity contribution is -0.131. The third kappa shape index (κ3) is 2.01. The second-order valence-electron chi connectivity index (χ2n) is 6.65. The molecule has 0 bridgehead atoms. The minimum Gasteiger partial charge on any atom is -0.320 e. The second kappa shape index (κ2) is 4.57. The van der Waals surface area contributed by atoms with Gasteiger partial charge in [0.05, 0.1) is 6.04 Å². The van der Waals surface area contributed by atoms with Gasteiger partial charge < -0.3 is 4.90 Å². The van der Waals surface area contributed by atoms with Gasteiger partial charge in [-0.15, -0.1) is 11.3 Å². The standard InChI is InChI=1S/C16H22N2OS/c1-2-12-15(19)18(10-16(7-8-16)11-5-6-11)14(17-12)13-4-3-9-20-13/h3-4,9,11-12,14,17H,2,5-8,10H2,1H3. The molecule has 0 spiro atoms. The number of thiophene rings is 1. The summed E-state index contributed by atoms with van der Waals surface area (Å²) in [5, 5.41) is 5.64. The smallest absolute Gasteiger partial charge is 0.241 e. The van der Waals surface area contributed by atoms with E-state index in [4.69, 9.17) is 0 Å². The number of rotatable bonds is 5. The van der Waals surface area contributed by atoms with Gasteiger partial charge in [0.15, 0.2) is 0 Å². The highest BCUT2D eigenvalue weighted by molar-refractivity contribution is 7.10. The number of nitrogens with zero attached hydrogens (tertiary/aromatic N) is 1. The van der Waals surface area contributed by atoms with E-state index < -0.39 is 0 Å². The zero-order valence-corrected chi connectivity index (χ0v) is 12.8. The van der Waals surface area contributed by atoms with Crippen LogP contribution >= 0.6 is 11.3 Å². The fourth-order valence-corrected chi connectivity index (χ4v) is 4.51. The number of nitrogens with one attached hydrogen (secondary N) is 1. The van der Waals surface area contributed by atoms with Crippen molar-refractivity contribution in [2.24, 2.45) is 11.3 Å². The van der Waals surface area contributed by atoms with Crippen LogP contribution in [0.15, 0.2) is 17.5 Å². The number of hydrogen-bond acceptors (Lipinski definition) is 3. The van der Waals surface area contributed by atoms with Crippen LogP contribution in [0.3, 0.4) is 0 Å². The molecule has 2 aliphatic carbocycles. The Morgan fingerprint density at radius 3 is 2.80 bits per heavy atom. The van der Waals surface area contributed by atoms with Crippen molar-refractivity contribution in [1.82, 2.24) is 10.2 Å². The first-order valence-electron chi connectivity index (χ1n) is 7.83. The van der Waals surface area contributed by atoms with Crippen molar-refractivity contribution in [3.8, 4) is 0 Å². The monoisotopic (exact) mass is 290 g/mol. The molecule has 20 heavy (non-hydrogen) atoms. The molecule has 0 aromatic carbocycles. The highest BCUT2D eigenvalue weighted by Crippen LogP contribution is 2.62. The lowest BCUT2D eigenvalue weighted by Crippen LogP contribution is -2.36. The van der Waals surface area contributed by atoms with Crippen LogP contribution in [0.2, 0.25) is 0 Å². The summed E-state index contributed by atoms with van der Waals surface area (Å²) < 4.78 is 0. The average Bonchev–Trinajstić information content (AvgIpc) is 3.35. The van der Waals surface area contributed by atoms with E-state index in [2.05, 4.69) is 34.7 Å². The lowest BCUT2D eigenvalue weighted by atomic mass is 9.99. The molecular formula is C16H22N2OS. The summed E-state index contributed by atoms with van der Waals surface area (Å²) >= 11 is 1.75. The fraction of sp³-hybridized carbons (Fsp3) is 0.688. The maximum absolute atomic E-state index is 12.7. The van der Waals surface area contributed by atoms with Crippen molar-refractivity contribution < 1.29 is 4.79 Å². The molecule has 3 fully saturated rings.